The van der Waals surface area contributed by atoms with E-state index in [1.807, 2.05) is 26.8 Å². The molecule has 0 saturated heterocycles. The van der Waals surface area contributed by atoms with Crippen molar-refractivity contribution in [3.05, 3.63) is 36.0 Å². The Hall–Kier alpha value is -2.41. The number of nitrogens with zero attached hydrogens (tertiary/aromatic N) is 1. The van der Waals surface area contributed by atoms with Crippen LogP contribution in [0.25, 0.3) is 10.4 Å². The molecule has 0 fully saturated rings. The van der Waals surface area contributed by atoms with E-state index in [1.165, 1.54) is 11.3 Å². The van der Waals surface area contributed by atoms with Crippen LogP contribution in [-0.4, -0.2) is 29.6 Å². The third kappa shape index (κ3) is 4.79. The second-order valence-corrected chi connectivity index (χ2v) is 6.91. The Morgan fingerprint density at radius 3 is 2.65 bits per heavy atom. The van der Waals surface area contributed by atoms with Gasteiger partial charge in [0.05, 0.1) is 4.88 Å². The fourth-order valence-electron chi connectivity index (χ4n) is 1.81. The maximum Gasteiger partial charge on any atom is 0.414 e. The minimum atomic E-state index is -0.544. The van der Waals surface area contributed by atoms with Crippen LogP contribution < -0.4 is 15.4 Å². The number of thiazole rings is 1. The molecule has 0 radical (unpaired) electrons. The lowest BCUT2D eigenvalue weighted by Gasteiger charge is -2.18. The van der Waals surface area contributed by atoms with Gasteiger partial charge in [-0.2, -0.15) is 0 Å². The zero-order valence-corrected chi connectivity index (χ0v) is 14.3. The molecule has 0 aliphatic rings. The normalized spacial score (nSPS) is 11.0. The van der Waals surface area contributed by atoms with Crippen molar-refractivity contribution in [3.8, 4) is 15.6 Å². The summed E-state index contributed by atoms with van der Waals surface area (Å²) in [5.74, 6) is -0.155. The van der Waals surface area contributed by atoms with Crippen LogP contribution in [0.4, 0.5) is 4.79 Å². The van der Waals surface area contributed by atoms with E-state index in [4.69, 9.17) is 4.74 Å². The first kappa shape index (κ1) is 17.0. The third-order valence-electron chi connectivity index (χ3n) is 2.78. The van der Waals surface area contributed by atoms with Gasteiger partial charge in [-0.05, 0) is 38.5 Å². The molecule has 2 N–H and O–H groups in total. The van der Waals surface area contributed by atoms with E-state index in [1.54, 1.807) is 31.4 Å². The molecule has 1 aromatic heterocycles. The monoisotopic (exact) mass is 333 g/mol. The Kier molecular flexibility index (Phi) is 5.00. The Morgan fingerprint density at radius 2 is 2.00 bits per heavy atom. The van der Waals surface area contributed by atoms with Crippen molar-refractivity contribution in [2.75, 3.05) is 7.05 Å². The first-order chi connectivity index (χ1) is 10.8. The molecule has 0 atom stereocenters. The molecule has 0 aliphatic heterocycles. The van der Waals surface area contributed by atoms with Gasteiger partial charge in [0.1, 0.15) is 0 Å². The van der Waals surface area contributed by atoms with Gasteiger partial charge in [-0.3, -0.25) is 4.79 Å². The van der Waals surface area contributed by atoms with Crippen LogP contribution in [0, 0.1) is 0 Å². The number of carbonyl (C=O) groups excluding carboxylic acids is 2. The van der Waals surface area contributed by atoms with Gasteiger partial charge in [0.2, 0.25) is 0 Å². The molecule has 0 aliphatic carbocycles. The molecule has 23 heavy (non-hydrogen) atoms. The average Bonchev–Trinajstić information content (AvgIpc) is 2.93. The van der Waals surface area contributed by atoms with Crippen molar-refractivity contribution in [2.24, 2.45) is 0 Å². The number of aromatic nitrogens is 1. The van der Waals surface area contributed by atoms with Crippen LogP contribution in [0.1, 0.15) is 31.1 Å². The Balaban J connectivity index is 2.13. The summed E-state index contributed by atoms with van der Waals surface area (Å²) in [5, 5.41) is 5.54. The lowest BCUT2D eigenvalue weighted by molar-refractivity contribution is 0.0963. The summed E-state index contributed by atoms with van der Waals surface area (Å²) < 4.78 is 5.17. The number of ether oxygens (including phenoxy) is 1. The van der Waals surface area contributed by atoms with Crippen LogP contribution in [0.2, 0.25) is 0 Å². The molecule has 0 unspecified atom stereocenters. The van der Waals surface area contributed by atoms with Crippen molar-refractivity contribution in [3.63, 3.8) is 0 Å². The van der Waals surface area contributed by atoms with E-state index in [9.17, 15) is 9.59 Å². The zero-order chi connectivity index (χ0) is 17.0. The summed E-state index contributed by atoms with van der Waals surface area (Å²) >= 11 is 1.24. The maximum absolute atomic E-state index is 11.7. The summed E-state index contributed by atoms with van der Waals surface area (Å²) in [6.07, 6.45) is 1.07. The first-order valence-corrected chi connectivity index (χ1v) is 7.88. The van der Waals surface area contributed by atoms with E-state index in [0.29, 0.717) is 5.56 Å². The highest BCUT2D eigenvalue weighted by Gasteiger charge is 2.17. The number of rotatable bonds is 3. The fraction of sp³-hybridized carbons (Fsp3) is 0.312. The second kappa shape index (κ2) is 6.78. The molecule has 1 heterocycles. The van der Waals surface area contributed by atoms with Gasteiger partial charge in [0.25, 0.3) is 11.1 Å². The molecule has 2 rings (SSSR count). The summed E-state index contributed by atoms with van der Waals surface area (Å²) in [6, 6.07) is 7.17. The molecule has 0 saturated carbocycles. The van der Waals surface area contributed by atoms with E-state index in [-0.39, 0.29) is 16.6 Å². The highest BCUT2D eigenvalue weighted by atomic mass is 32.1. The van der Waals surface area contributed by atoms with Crippen LogP contribution in [0.3, 0.4) is 0 Å². The second-order valence-electron chi connectivity index (χ2n) is 5.91. The molecular weight excluding hydrogens is 314 g/mol. The molecule has 7 heteroatoms. The van der Waals surface area contributed by atoms with Crippen molar-refractivity contribution in [1.82, 2.24) is 15.6 Å². The predicted octanol–water partition coefficient (Wildman–Crippen LogP) is 3.06. The molecule has 0 bridgehead atoms. The Labute approximate surface area is 138 Å². The number of benzene rings is 1. The number of carbonyl (C=O) groups is 2. The number of hydrogen-bond acceptors (Lipinski definition) is 5. The van der Waals surface area contributed by atoms with Crippen LogP contribution >= 0.6 is 11.3 Å². The van der Waals surface area contributed by atoms with E-state index < -0.39 is 6.09 Å². The van der Waals surface area contributed by atoms with Gasteiger partial charge in [-0.1, -0.05) is 23.5 Å². The summed E-state index contributed by atoms with van der Waals surface area (Å²) in [4.78, 5) is 28.3. The van der Waals surface area contributed by atoms with E-state index >= 15 is 0 Å². The molecular formula is C16H19N3O3S. The highest BCUT2D eigenvalue weighted by molar-refractivity contribution is 7.16. The maximum atomic E-state index is 11.7. The minimum Gasteiger partial charge on any atom is -0.381 e. The summed E-state index contributed by atoms with van der Waals surface area (Å²) in [5.41, 5.74) is 1.03. The molecule has 0 spiro atoms. The number of nitrogens with one attached hydrogen (secondary N) is 2. The lowest BCUT2D eigenvalue weighted by atomic mass is 10.1. The predicted molar refractivity (Wildman–Crippen MR) is 89.9 cm³/mol. The van der Waals surface area contributed by atoms with Crippen molar-refractivity contribution >= 4 is 23.3 Å². The summed E-state index contributed by atoms with van der Waals surface area (Å²) in [6.45, 7) is 5.60. The largest absolute Gasteiger partial charge is 0.414 e. The molecule has 2 amide bonds. The number of amides is 2. The van der Waals surface area contributed by atoms with Crippen molar-refractivity contribution in [1.29, 1.82) is 0 Å². The smallest absolute Gasteiger partial charge is 0.381 e. The van der Waals surface area contributed by atoms with Gasteiger partial charge >= 0.3 is 6.09 Å². The summed E-state index contributed by atoms with van der Waals surface area (Å²) in [7, 11) is 1.58. The Morgan fingerprint density at radius 1 is 1.26 bits per heavy atom. The van der Waals surface area contributed by atoms with Gasteiger partial charge in [-0.25, -0.2) is 9.78 Å². The van der Waals surface area contributed by atoms with Crippen molar-refractivity contribution in [2.45, 2.75) is 26.3 Å². The van der Waals surface area contributed by atoms with Gasteiger partial charge in [-0.15, -0.1) is 0 Å². The van der Waals surface area contributed by atoms with Crippen molar-refractivity contribution < 1.29 is 14.3 Å². The van der Waals surface area contributed by atoms with Gasteiger partial charge in [0.15, 0.2) is 0 Å². The van der Waals surface area contributed by atoms with Crippen LogP contribution in [-0.2, 0) is 0 Å². The molecule has 6 nitrogen and oxygen atoms in total. The standard InChI is InChI=1S/C16H19N3O3S/c1-16(2,3)19-14(21)22-15-18-9-12(23-15)10-6-5-7-11(8-10)13(20)17-4/h5-9H,1-4H3,(H,17,20)(H,19,21). The SMILES string of the molecule is CNC(=O)c1cccc(-c2cnc(OC(=O)NC(C)(C)C)s2)c1. The quantitative estimate of drug-likeness (QED) is 0.904. The van der Waals surface area contributed by atoms with Gasteiger partial charge < -0.3 is 15.4 Å². The average molecular weight is 333 g/mol. The van der Waals surface area contributed by atoms with Crippen LogP contribution in [0.5, 0.6) is 5.19 Å². The number of hydrogen-bond donors (Lipinski definition) is 2. The lowest BCUT2D eigenvalue weighted by Crippen LogP contribution is -2.42. The third-order valence-corrected chi connectivity index (χ3v) is 3.70. The zero-order valence-electron chi connectivity index (χ0n) is 13.5. The highest BCUT2D eigenvalue weighted by Crippen LogP contribution is 2.30. The van der Waals surface area contributed by atoms with Gasteiger partial charge in [0, 0.05) is 24.3 Å². The van der Waals surface area contributed by atoms with Crippen LogP contribution in [0.15, 0.2) is 30.5 Å². The minimum absolute atomic E-state index is 0.155. The topological polar surface area (TPSA) is 80.3 Å². The molecule has 1 aromatic carbocycles. The first-order valence-electron chi connectivity index (χ1n) is 7.07. The fourth-order valence-corrected chi connectivity index (χ4v) is 2.57. The van der Waals surface area contributed by atoms with E-state index in [2.05, 4.69) is 15.6 Å². The Bertz CT molecular complexity index is 719. The molecule has 2 aromatic rings. The molecule has 122 valence electrons. The van der Waals surface area contributed by atoms with E-state index in [0.717, 1.165) is 10.4 Å².